The highest BCUT2D eigenvalue weighted by molar-refractivity contribution is 6.21. The molecule has 1 N–H and O–H groups in total. The van der Waals surface area contributed by atoms with Crippen LogP contribution in [-0.2, 0) is 12.7 Å². The van der Waals surface area contributed by atoms with E-state index in [-0.39, 0.29) is 23.2 Å². The molecular weight excluding hydrogens is 411 g/mol. The molecule has 0 saturated heterocycles. The Morgan fingerprint density at radius 1 is 0.839 bits per heavy atom. The standard InChI is InChI=1S/C23H14F3NO4/c24-23(25,26)17-7-5-14(6-8-17)15-9-13(10-16(11-15)22(30)31)12-27-20(28)18-3-1-2-4-19(18)21(27)29/h1-11H,12H2,(H,30,31). The van der Waals surface area contributed by atoms with Crippen LogP contribution in [0.1, 0.15) is 42.2 Å². The summed E-state index contributed by atoms with van der Waals surface area (Å²) in [5, 5.41) is 9.44. The normalized spacial score (nSPS) is 13.5. The van der Waals surface area contributed by atoms with Crippen molar-refractivity contribution in [1.82, 2.24) is 4.90 Å². The van der Waals surface area contributed by atoms with Crippen LogP contribution in [-0.4, -0.2) is 27.8 Å². The number of aromatic carboxylic acids is 1. The number of hydrogen-bond acceptors (Lipinski definition) is 3. The first-order valence-corrected chi connectivity index (χ1v) is 9.15. The molecule has 1 heterocycles. The van der Waals surface area contributed by atoms with Crippen LogP contribution in [0.2, 0.25) is 0 Å². The largest absolute Gasteiger partial charge is 0.478 e. The average molecular weight is 425 g/mol. The fraction of sp³-hybridized carbons (Fsp3) is 0.0870. The van der Waals surface area contributed by atoms with Gasteiger partial charge in [-0.25, -0.2) is 4.79 Å². The summed E-state index contributed by atoms with van der Waals surface area (Å²) in [6.07, 6.45) is -4.49. The minimum absolute atomic E-state index is 0.107. The van der Waals surface area contributed by atoms with Crippen molar-refractivity contribution in [2.24, 2.45) is 0 Å². The first kappa shape index (κ1) is 20.3. The van der Waals surface area contributed by atoms with Crippen LogP contribution in [0.3, 0.4) is 0 Å². The van der Waals surface area contributed by atoms with Crippen LogP contribution in [0.4, 0.5) is 13.2 Å². The lowest BCUT2D eigenvalue weighted by atomic mass is 9.98. The number of halogens is 3. The van der Waals surface area contributed by atoms with Crippen molar-refractivity contribution >= 4 is 17.8 Å². The van der Waals surface area contributed by atoms with Crippen LogP contribution >= 0.6 is 0 Å². The number of imide groups is 1. The Kier molecular flexibility index (Phi) is 4.85. The maximum absolute atomic E-state index is 12.8. The van der Waals surface area contributed by atoms with E-state index in [1.807, 2.05) is 0 Å². The summed E-state index contributed by atoms with van der Waals surface area (Å²) in [5.74, 6) is -2.22. The van der Waals surface area contributed by atoms with Gasteiger partial charge in [0.2, 0.25) is 0 Å². The zero-order valence-electron chi connectivity index (χ0n) is 15.8. The molecule has 8 heteroatoms. The number of hydrogen-bond donors (Lipinski definition) is 1. The van der Waals surface area contributed by atoms with Crippen molar-refractivity contribution in [2.45, 2.75) is 12.7 Å². The molecule has 0 aliphatic carbocycles. The molecular formula is C23H14F3NO4. The Morgan fingerprint density at radius 2 is 1.42 bits per heavy atom. The number of carbonyl (C=O) groups excluding carboxylic acids is 2. The smallest absolute Gasteiger partial charge is 0.416 e. The van der Waals surface area contributed by atoms with Crippen LogP contribution in [0.25, 0.3) is 11.1 Å². The van der Waals surface area contributed by atoms with Gasteiger partial charge in [-0.15, -0.1) is 0 Å². The van der Waals surface area contributed by atoms with Crippen molar-refractivity contribution in [3.05, 3.63) is 94.5 Å². The van der Waals surface area contributed by atoms with E-state index in [1.54, 1.807) is 18.2 Å². The monoisotopic (exact) mass is 425 g/mol. The molecule has 0 spiro atoms. The highest BCUT2D eigenvalue weighted by atomic mass is 19.4. The molecule has 4 rings (SSSR count). The quantitative estimate of drug-likeness (QED) is 0.606. The van der Waals surface area contributed by atoms with Crippen molar-refractivity contribution in [3.63, 3.8) is 0 Å². The molecule has 3 aromatic rings. The summed E-state index contributed by atoms with van der Waals surface area (Å²) in [5.41, 5.74) is 0.708. The van der Waals surface area contributed by atoms with E-state index >= 15 is 0 Å². The summed E-state index contributed by atoms with van der Waals surface area (Å²) in [7, 11) is 0. The number of carboxylic acid groups (broad SMARTS) is 1. The Hall–Kier alpha value is -3.94. The number of carbonyl (C=O) groups is 3. The van der Waals surface area contributed by atoms with E-state index in [2.05, 4.69) is 0 Å². The fourth-order valence-electron chi connectivity index (χ4n) is 3.49. The van der Waals surface area contributed by atoms with E-state index in [1.165, 1.54) is 36.4 Å². The second kappa shape index (κ2) is 7.39. The first-order valence-electron chi connectivity index (χ1n) is 9.15. The molecule has 0 bridgehead atoms. The van der Waals surface area contributed by atoms with Crippen LogP contribution in [0.5, 0.6) is 0 Å². The molecule has 3 aromatic carbocycles. The summed E-state index contributed by atoms with van der Waals surface area (Å²) >= 11 is 0. The molecule has 0 aromatic heterocycles. The Labute approximate surface area is 174 Å². The third kappa shape index (κ3) is 3.79. The average Bonchev–Trinajstić information content (AvgIpc) is 2.98. The number of benzene rings is 3. The summed E-state index contributed by atoms with van der Waals surface area (Å²) in [6.45, 7) is -0.166. The minimum Gasteiger partial charge on any atom is -0.478 e. The molecule has 0 saturated carbocycles. The number of alkyl halides is 3. The third-order valence-electron chi connectivity index (χ3n) is 5.00. The van der Waals surface area contributed by atoms with Gasteiger partial charge in [-0.1, -0.05) is 24.3 Å². The van der Waals surface area contributed by atoms with E-state index in [4.69, 9.17) is 0 Å². The van der Waals surface area contributed by atoms with Gasteiger partial charge in [-0.2, -0.15) is 13.2 Å². The first-order chi connectivity index (χ1) is 14.6. The topological polar surface area (TPSA) is 74.7 Å². The Morgan fingerprint density at radius 3 is 1.94 bits per heavy atom. The van der Waals surface area contributed by atoms with Gasteiger partial charge in [0, 0.05) is 0 Å². The summed E-state index contributed by atoms with van der Waals surface area (Å²) in [4.78, 5) is 37.8. The minimum atomic E-state index is -4.49. The summed E-state index contributed by atoms with van der Waals surface area (Å²) in [6, 6.07) is 14.9. The van der Waals surface area contributed by atoms with Gasteiger partial charge in [0.15, 0.2) is 0 Å². The van der Waals surface area contributed by atoms with Crippen molar-refractivity contribution < 1.29 is 32.7 Å². The van der Waals surface area contributed by atoms with Crippen molar-refractivity contribution in [3.8, 4) is 11.1 Å². The lowest BCUT2D eigenvalue weighted by Crippen LogP contribution is -2.29. The maximum atomic E-state index is 12.8. The predicted octanol–water partition coefficient (Wildman–Crippen LogP) is 4.87. The van der Waals surface area contributed by atoms with Gasteiger partial charge >= 0.3 is 12.1 Å². The number of nitrogens with zero attached hydrogens (tertiary/aromatic N) is 1. The van der Waals surface area contributed by atoms with Crippen LogP contribution in [0.15, 0.2) is 66.7 Å². The van der Waals surface area contributed by atoms with Crippen molar-refractivity contribution in [2.75, 3.05) is 0 Å². The van der Waals surface area contributed by atoms with E-state index < -0.39 is 29.5 Å². The molecule has 0 unspecified atom stereocenters. The second-order valence-corrected chi connectivity index (χ2v) is 7.04. The lowest BCUT2D eigenvalue weighted by Gasteiger charge is -2.16. The lowest BCUT2D eigenvalue weighted by molar-refractivity contribution is -0.137. The van der Waals surface area contributed by atoms with Crippen LogP contribution in [0, 0.1) is 0 Å². The molecule has 1 aliphatic rings. The number of fused-ring (bicyclic) bond motifs is 1. The molecule has 156 valence electrons. The zero-order chi connectivity index (χ0) is 22.3. The molecule has 0 radical (unpaired) electrons. The van der Waals surface area contributed by atoms with E-state index in [0.717, 1.165) is 17.0 Å². The SMILES string of the molecule is O=C(O)c1cc(CN2C(=O)c3ccccc3C2=O)cc(-c2ccc(C(F)(F)F)cc2)c1. The van der Waals surface area contributed by atoms with Gasteiger partial charge in [0.05, 0.1) is 28.8 Å². The van der Waals surface area contributed by atoms with Gasteiger partial charge in [-0.05, 0) is 59.2 Å². The number of rotatable bonds is 4. The van der Waals surface area contributed by atoms with Gasteiger partial charge in [0.1, 0.15) is 0 Å². The predicted molar refractivity (Wildman–Crippen MR) is 104 cm³/mol. The van der Waals surface area contributed by atoms with Gasteiger partial charge in [-0.3, -0.25) is 14.5 Å². The highest BCUT2D eigenvalue weighted by Gasteiger charge is 2.35. The molecule has 31 heavy (non-hydrogen) atoms. The van der Waals surface area contributed by atoms with Crippen LogP contribution < -0.4 is 0 Å². The number of amides is 2. The third-order valence-corrected chi connectivity index (χ3v) is 5.00. The van der Waals surface area contributed by atoms with Crippen molar-refractivity contribution in [1.29, 1.82) is 0 Å². The molecule has 5 nitrogen and oxygen atoms in total. The highest BCUT2D eigenvalue weighted by Crippen LogP contribution is 2.32. The molecule has 0 fully saturated rings. The molecule has 0 atom stereocenters. The fourth-order valence-corrected chi connectivity index (χ4v) is 3.49. The maximum Gasteiger partial charge on any atom is 0.416 e. The van der Waals surface area contributed by atoms with E-state index in [9.17, 15) is 32.7 Å². The van der Waals surface area contributed by atoms with Gasteiger partial charge < -0.3 is 5.11 Å². The zero-order valence-corrected chi connectivity index (χ0v) is 15.8. The summed E-state index contributed by atoms with van der Waals surface area (Å²) < 4.78 is 38.5. The van der Waals surface area contributed by atoms with Gasteiger partial charge in [0.25, 0.3) is 11.8 Å². The number of carboxylic acids is 1. The Balaban J connectivity index is 1.70. The Bertz CT molecular complexity index is 1180. The van der Waals surface area contributed by atoms with E-state index in [0.29, 0.717) is 16.7 Å². The molecule has 1 aliphatic heterocycles. The second-order valence-electron chi connectivity index (χ2n) is 7.04. The molecule has 2 amide bonds.